The fraction of sp³-hybridized carbons (Fsp3) is 0.175. The highest BCUT2D eigenvalue weighted by molar-refractivity contribution is 7.16. The molecule has 8 rings (SSSR count). The molecule has 5 aromatic carbocycles. The minimum Gasteiger partial charge on any atom is -0.507 e. The maximum atomic E-state index is 11.6. The molecule has 3 heterocycles. The number of phenols is 2. The van der Waals surface area contributed by atoms with Crippen LogP contribution < -0.4 is 5.32 Å². The fourth-order valence-electron chi connectivity index (χ4n) is 6.69. The van der Waals surface area contributed by atoms with Crippen LogP contribution in [-0.4, -0.2) is 81.2 Å². The SMILES string of the molecule is Cc1cc2c(s1)Nc1ccccc1N=C2N1CCN(C)CC1.O=C(O)c1cc2ccccc2c(Cc2c(O)c(C(=O)O)cc3ccccc23)c1O. The maximum Gasteiger partial charge on any atom is 0.339 e. The third-order valence-corrected chi connectivity index (χ3v) is 10.3. The summed E-state index contributed by atoms with van der Waals surface area (Å²) < 4.78 is 0. The van der Waals surface area contributed by atoms with Crippen molar-refractivity contribution in [1.29, 1.82) is 0 Å². The lowest BCUT2D eigenvalue weighted by Gasteiger charge is -2.34. The number of para-hydroxylation sites is 2. The Bertz CT molecular complexity index is 2260. The van der Waals surface area contributed by atoms with Gasteiger partial charge < -0.3 is 35.5 Å². The molecule has 0 unspecified atom stereocenters. The second kappa shape index (κ2) is 13.8. The molecule has 2 aliphatic heterocycles. The topological polar surface area (TPSA) is 146 Å². The summed E-state index contributed by atoms with van der Waals surface area (Å²) in [6, 6.07) is 27.3. The first kappa shape index (κ1) is 33.6. The van der Waals surface area contributed by atoms with E-state index in [2.05, 4.69) is 59.4 Å². The third kappa shape index (κ3) is 6.56. The van der Waals surface area contributed by atoms with Crippen LogP contribution in [0, 0.1) is 6.92 Å². The highest BCUT2D eigenvalue weighted by Crippen LogP contribution is 2.40. The van der Waals surface area contributed by atoms with E-state index >= 15 is 0 Å². The second-order valence-corrected chi connectivity index (χ2v) is 14.0. The van der Waals surface area contributed by atoms with E-state index in [0.717, 1.165) is 43.4 Å². The van der Waals surface area contributed by atoms with Crippen LogP contribution in [0.3, 0.4) is 0 Å². The molecular formula is C40H36N4O6S. The minimum absolute atomic E-state index is 0.0407. The van der Waals surface area contributed by atoms with Gasteiger partial charge in [-0.1, -0.05) is 60.7 Å². The third-order valence-electron chi connectivity index (χ3n) is 9.35. The molecule has 2 aliphatic rings. The number of aryl methyl sites for hydroxylation is 1. The first-order valence-electron chi connectivity index (χ1n) is 16.5. The number of aromatic carboxylic acids is 2. The summed E-state index contributed by atoms with van der Waals surface area (Å²) in [5.41, 5.74) is 3.47. The van der Waals surface area contributed by atoms with Crippen molar-refractivity contribution in [2.75, 3.05) is 38.5 Å². The molecule has 5 N–H and O–H groups in total. The average molecular weight is 701 g/mol. The molecule has 51 heavy (non-hydrogen) atoms. The minimum atomic E-state index is -1.28. The number of hydrogen-bond acceptors (Lipinski definition) is 9. The molecular weight excluding hydrogens is 665 g/mol. The van der Waals surface area contributed by atoms with E-state index in [9.17, 15) is 30.0 Å². The first-order chi connectivity index (χ1) is 24.6. The summed E-state index contributed by atoms with van der Waals surface area (Å²) in [5, 5.41) is 47.6. The van der Waals surface area contributed by atoms with Gasteiger partial charge in [-0.05, 0) is 65.8 Å². The van der Waals surface area contributed by atoms with Gasteiger partial charge in [0.1, 0.15) is 33.5 Å². The predicted molar refractivity (Wildman–Crippen MR) is 202 cm³/mol. The first-order valence-corrected chi connectivity index (χ1v) is 17.3. The summed E-state index contributed by atoms with van der Waals surface area (Å²) in [7, 11) is 2.18. The van der Waals surface area contributed by atoms with Crippen LogP contribution in [0.15, 0.2) is 96.0 Å². The lowest BCUT2D eigenvalue weighted by molar-refractivity contribution is 0.0682. The molecule has 258 valence electrons. The van der Waals surface area contributed by atoms with Crippen LogP contribution in [0.5, 0.6) is 11.5 Å². The van der Waals surface area contributed by atoms with Gasteiger partial charge in [-0.2, -0.15) is 0 Å². The highest BCUT2D eigenvalue weighted by Gasteiger charge is 2.26. The Kier molecular flexibility index (Phi) is 9.07. The number of anilines is 2. The van der Waals surface area contributed by atoms with Gasteiger partial charge in [-0.3, -0.25) is 0 Å². The van der Waals surface area contributed by atoms with Crippen molar-refractivity contribution in [2.45, 2.75) is 13.3 Å². The fourth-order valence-corrected chi connectivity index (χ4v) is 7.61. The number of piperazine rings is 1. The molecule has 10 nitrogen and oxygen atoms in total. The molecule has 0 atom stereocenters. The number of hydrogen-bond donors (Lipinski definition) is 5. The molecule has 0 radical (unpaired) electrons. The summed E-state index contributed by atoms with van der Waals surface area (Å²) in [4.78, 5) is 34.3. The summed E-state index contributed by atoms with van der Waals surface area (Å²) in [5.74, 6) is -2.24. The Balaban J connectivity index is 0.000000165. The number of aliphatic imine (C=N–C) groups is 1. The largest absolute Gasteiger partial charge is 0.507 e. The van der Waals surface area contributed by atoms with Crippen LogP contribution in [0.1, 0.15) is 42.3 Å². The molecule has 0 spiro atoms. The van der Waals surface area contributed by atoms with E-state index in [1.54, 1.807) is 59.9 Å². The van der Waals surface area contributed by atoms with Crippen molar-refractivity contribution < 1.29 is 30.0 Å². The lowest BCUT2D eigenvalue weighted by atomic mass is 9.90. The number of nitrogens with zero attached hydrogens (tertiary/aromatic N) is 3. The van der Waals surface area contributed by atoms with E-state index in [4.69, 9.17) is 4.99 Å². The van der Waals surface area contributed by atoms with Gasteiger partial charge in [0.2, 0.25) is 0 Å². The summed E-state index contributed by atoms with van der Waals surface area (Å²) >= 11 is 1.81. The molecule has 0 amide bonds. The van der Waals surface area contributed by atoms with Crippen LogP contribution in [0.4, 0.5) is 16.4 Å². The lowest BCUT2D eigenvalue weighted by Crippen LogP contribution is -2.47. The zero-order valence-corrected chi connectivity index (χ0v) is 28.9. The monoisotopic (exact) mass is 700 g/mol. The van der Waals surface area contributed by atoms with Crippen molar-refractivity contribution in [3.05, 3.63) is 124 Å². The Morgan fingerprint density at radius 3 is 1.86 bits per heavy atom. The zero-order valence-electron chi connectivity index (χ0n) is 28.1. The Hall–Kier alpha value is -5.91. The van der Waals surface area contributed by atoms with Crippen LogP contribution >= 0.6 is 11.3 Å². The van der Waals surface area contributed by atoms with Gasteiger partial charge >= 0.3 is 11.9 Å². The number of benzene rings is 5. The molecule has 6 aromatic rings. The standard InChI is InChI=1S/C23H16O6.C17H20N4S/c24-20-16(14-7-3-1-5-12(14)9-18(20)22(26)27)11-17-15-8-4-2-6-13(15)10-19(21(17)25)23(28)29;1-12-11-13-16(21-9-7-20(2)8-10-21)18-14-5-3-4-6-15(14)19-17(13)22-12/h1-10,24-25H,11H2,(H,26,27)(H,28,29);3-6,11,19H,7-10H2,1-2H3. The van der Waals surface area contributed by atoms with E-state index < -0.39 is 23.4 Å². The number of carboxylic acids is 2. The molecule has 11 heteroatoms. The Labute approximate surface area is 298 Å². The van der Waals surface area contributed by atoms with Crippen molar-refractivity contribution >= 4 is 67.0 Å². The van der Waals surface area contributed by atoms with E-state index in [-0.39, 0.29) is 17.5 Å². The molecule has 0 bridgehead atoms. The Morgan fingerprint density at radius 2 is 1.29 bits per heavy atom. The van der Waals surface area contributed by atoms with Gasteiger partial charge in [0, 0.05) is 48.6 Å². The number of thiophene rings is 1. The number of carbonyl (C=O) groups is 2. The van der Waals surface area contributed by atoms with E-state index in [1.807, 2.05) is 0 Å². The molecule has 0 aliphatic carbocycles. The molecule has 1 saturated heterocycles. The summed E-state index contributed by atoms with van der Waals surface area (Å²) in [6.07, 6.45) is -0.0407. The van der Waals surface area contributed by atoms with Gasteiger partial charge in [0.05, 0.1) is 16.9 Å². The quantitative estimate of drug-likeness (QED) is 0.124. The Morgan fingerprint density at radius 1 is 0.765 bits per heavy atom. The smallest absolute Gasteiger partial charge is 0.339 e. The van der Waals surface area contributed by atoms with Crippen LogP contribution in [0.25, 0.3) is 21.5 Å². The number of likely N-dealkylation sites (N-methyl/N-ethyl adjacent to an activating group) is 1. The van der Waals surface area contributed by atoms with Gasteiger partial charge in [-0.15, -0.1) is 11.3 Å². The van der Waals surface area contributed by atoms with Crippen molar-refractivity contribution in [3.8, 4) is 11.5 Å². The van der Waals surface area contributed by atoms with Gasteiger partial charge in [-0.25, -0.2) is 14.6 Å². The number of fused-ring (bicyclic) bond motifs is 4. The van der Waals surface area contributed by atoms with Crippen molar-refractivity contribution in [1.82, 2.24) is 9.80 Å². The van der Waals surface area contributed by atoms with E-state index in [0.29, 0.717) is 32.7 Å². The van der Waals surface area contributed by atoms with Gasteiger partial charge in [0.25, 0.3) is 0 Å². The van der Waals surface area contributed by atoms with Gasteiger partial charge in [0.15, 0.2) is 0 Å². The molecule has 1 fully saturated rings. The van der Waals surface area contributed by atoms with Crippen LogP contribution in [0.2, 0.25) is 0 Å². The van der Waals surface area contributed by atoms with Crippen molar-refractivity contribution in [2.24, 2.45) is 4.99 Å². The average Bonchev–Trinajstić information content (AvgIpc) is 3.41. The van der Waals surface area contributed by atoms with Crippen molar-refractivity contribution in [3.63, 3.8) is 0 Å². The number of amidine groups is 1. The molecule has 0 saturated carbocycles. The number of nitrogens with one attached hydrogen (secondary N) is 1. The normalized spacial score (nSPS) is 14.1. The number of aromatic hydroxyl groups is 2. The molecule has 1 aromatic heterocycles. The predicted octanol–water partition coefficient (Wildman–Crippen LogP) is 7.83. The zero-order chi connectivity index (χ0) is 35.8. The summed E-state index contributed by atoms with van der Waals surface area (Å²) in [6.45, 7) is 6.41. The van der Waals surface area contributed by atoms with Crippen LogP contribution in [-0.2, 0) is 6.42 Å². The van der Waals surface area contributed by atoms with E-state index in [1.165, 1.54) is 27.6 Å². The second-order valence-electron chi connectivity index (χ2n) is 12.7. The highest BCUT2D eigenvalue weighted by atomic mass is 32.1. The maximum absolute atomic E-state index is 11.6. The number of rotatable bonds is 4. The number of carboxylic acid groups (broad SMARTS) is 2.